The Morgan fingerprint density at radius 1 is 1.04 bits per heavy atom. The van der Waals surface area contributed by atoms with Crippen molar-refractivity contribution in [2.24, 2.45) is 0 Å². The van der Waals surface area contributed by atoms with Crippen LogP contribution < -0.4 is 5.48 Å². The molecule has 0 heterocycles. The normalized spacial score (nSPS) is 11.1. The molecule has 0 bridgehead atoms. The van der Waals surface area contributed by atoms with Gasteiger partial charge in [0, 0.05) is 0 Å². The molecule has 1 amide bonds. The quantitative estimate of drug-likeness (QED) is 0.672. The van der Waals surface area contributed by atoms with Gasteiger partial charge in [-0.05, 0) is 37.1 Å². The molecule has 2 rings (SSSR count). The molecule has 0 unspecified atom stereocenters. The number of ether oxygens (including phenoxy) is 2. The van der Waals surface area contributed by atoms with Crippen molar-refractivity contribution in [2.75, 3.05) is 6.61 Å². The summed E-state index contributed by atoms with van der Waals surface area (Å²) in [6.07, 6.45) is -0.772. The van der Waals surface area contributed by atoms with Crippen molar-refractivity contribution in [1.29, 1.82) is 0 Å². The first-order valence-electron chi connectivity index (χ1n) is 7.58. The van der Waals surface area contributed by atoms with E-state index in [1.54, 1.807) is 20.8 Å². The summed E-state index contributed by atoms with van der Waals surface area (Å²) in [4.78, 5) is 27.8. The van der Waals surface area contributed by atoms with Gasteiger partial charge >= 0.3 is 12.1 Å². The zero-order valence-electron chi connectivity index (χ0n) is 14.0. The Morgan fingerprint density at radius 3 is 2.50 bits per heavy atom. The van der Waals surface area contributed by atoms with Gasteiger partial charge in [-0.15, -0.1) is 0 Å². The second-order valence-electron chi connectivity index (χ2n) is 6.19. The number of hydrogen-bond acceptors (Lipinski definition) is 5. The van der Waals surface area contributed by atoms with Crippen LogP contribution in [0.15, 0.2) is 42.5 Å². The van der Waals surface area contributed by atoms with E-state index in [2.05, 4.69) is 5.48 Å². The Labute approximate surface area is 140 Å². The van der Waals surface area contributed by atoms with Crippen molar-refractivity contribution >= 4 is 22.8 Å². The van der Waals surface area contributed by atoms with Crippen LogP contribution in [0.2, 0.25) is 0 Å². The molecule has 2 aromatic carbocycles. The summed E-state index contributed by atoms with van der Waals surface area (Å²) in [5.74, 6) is -0.572. The molecule has 0 aliphatic heterocycles. The van der Waals surface area contributed by atoms with Crippen LogP contribution in [0, 0.1) is 0 Å². The summed E-state index contributed by atoms with van der Waals surface area (Å²) >= 11 is 0. The number of hydrogen-bond donors (Lipinski definition) is 1. The maximum absolute atomic E-state index is 11.6. The smallest absolute Gasteiger partial charge is 0.431 e. The molecule has 0 fully saturated rings. The van der Waals surface area contributed by atoms with Gasteiger partial charge in [0.05, 0.1) is 0 Å². The molecule has 0 radical (unpaired) electrons. The molecule has 1 N–H and O–H groups in total. The molecule has 0 aliphatic rings. The fourth-order valence-electron chi connectivity index (χ4n) is 2.12. The van der Waals surface area contributed by atoms with E-state index in [4.69, 9.17) is 14.3 Å². The van der Waals surface area contributed by atoms with Gasteiger partial charge in [0.15, 0.2) is 6.61 Å². The third-order valence-corrected chi connectivity index (χ3v) is 3.00. The SMILES string of the molecule is CC(C)(C)OC(=O)CONC(=O)OCc1cccc2ccccc12. The number of nitrogens with one attached hydrogen (secondary N) is 1. The van der Waals surface area contributed by atoms with E-state index in [9.17, 15) is 9.59 Å². The molecular weight excluding hydrogens is 310 g/mol. The van der Waals surface area contributed by atoms with Crippen molar-refractivity contribution in [2.45, 2.75) is 33.0 Å². The second kappa shape index (κ2) is 7.79. The molecule has 0 spiro atoms. The van der Waals surface area contributed by atoms with E-state index in [0.29, 0.717) is 0 Å². The lowest BCUT2D eigenvalue weighted by molar-refractivity contribution is -0.162. The summed E-state index contributed by atoms with van der Waals surface area (Å²) in [7, 11) is 0. The maximum Gasteiger partial charge on any atom is 0.431 e. The molecule has 6 nitrogen and oxygen atoms in total. The van der Waals surface area contributed by atoms with Crippen LogP contribution in [0.3, 0.4) is 0 Å². The summed E-state index contributed by atoms with van der Waals surface area (Å²) in [6, 6.07) is 13.6. The molecule has 2 aromatic rings. The second-order valence-corrected chi connectivity index (χ2v) is 6.19. The Balaban J connectivity index is 1.78. The minimum atomic E-state index is -0.772. The minimum absolute atomic E-state index is 0.100. The van der Waals surface area contributed by atoms with Crippen LogP contribution >= 0.6 is 0 Å². The van der Waals surface area contributed by atoms with Gasteiger partial charge in [-0.3, -0.25) is 4.84 Å². The van der Waals surface area contributed by atoms with Crippen LogP contribution in [0.1, 0.15) is 26.3 Å². The van der Waals surface area contributed by atoms with Gasteiger partial charge in [0.1, 0.15) is 12.2 Å². The average Bonchev–Trinajstić information content (AvgIpc) is 2.51. The molecule has 24 heavy (non-hydrogen) atoms. The Bertz CT molecular complexity index is 715. The summed E-state index contributed by atoms with van der Waals surface area (Å²) in [5.41, 5.74) is 2.34. The predicted molar refractivity (Wildman–Crippen MR) is 89.1 cm³/mol. The van der Waals surface area contributed by atoms with Crippen LogP contribution in [-0.2, 0) is 25.7 Å². The lowest BCUT2D eigenvalue weighted by Gasteiger charge is -2.19. The van der Waals surface area contributed by atoms with Crippen molar-refractivity contribution in [3.63, 3.8) is 0 Å². The van der Waals surface area contributed by atoms with Gasteiger partial charge < -0.3 is 9.47 Å². The highest BCUT2D eigenvalue weighted by Crippen LogP contribution is 2.19. The first kappa shape index (κ1) is 17.7. The van der Waals surface area contributed by atoms with E-state index in [-0.39, 0.29) is 13.2 Å². The average molecular weight is 331 g/mol. The van der Waals surface area contributed by atoms with Gasteiger partial charge in [0.25, 0.3) is 0 Å². The van der Waals surface area contributed by atoms with E-state index in [0.717, 1.165) is 16.3 Å². The molecule has 128 valence electrons. The summed E-state index contributed by atoms with van der Waals surface area (Å²) < 4.78 is 10.1. The van der Waals surface area contributed by atoms with Crippen molar-refractivity contribution in [3.8, 4) is 0 Å². The number of hydroxylamine groups is 1. The number of rotatable bonds is 5. The van der Waals surface area contributed by atoms with E-state index < -0.39 is 17.7 Å². The number of amides is 1. The molecule has 0 atom stereocenters. The molecule has 0 aromatic heterocycles. The van der Waals surface area contributed by atoms with Crippen molar-refractivity contribution in [1.82, 2.24) is 5.48 Å². The summed E-state index contributed by atoms with van der Waals surface area (Å²) in [5, 5.41) is 2.09. The van der Waals surface area contributed by atoms with Gasteiger partial charge in [-0.2, -0.15) is 5.48 Å². The standard InChI is InChI=1S/C18H21NO5/c1-18(2,3)24-16(20)12-23-19-17(21)22-11-14-9-6-8-13-7-4-5-10-15(13)14/h4-10H,11-12H2,1-3H3,(H,19,21). The Morgan fingerprint density at radius 2 is 1.75 bits per heavy atom. The highest BCUT2D eigenvalue weighted by atomic mass is 16.7. The third-order valence-electron chi connectivity index (χ3n) is 3.00. The highest BCUT2D eigenvalue weighted by molar-refractivity contribution is 5.85. The van der Waals surface area contributed by atoms with Crippen LogP contribution in [0.4, 0.5) is 4.79 Å². The predicted octanol–water partition coefficient (Wildman–Crippen LogP) is 3.34. The molecule has 0 saturated carbocycles. The minimum Gasteiger partial charge on any atom is -0.458 e. The van der Waals surface area contributed by atoms with Gasteiger partial charge in [-0.1, -0.05) is 42.5 Å². The monoisotopic (exact) mass is 331 g/mol. The first-order chi connectivity index (χ1) is 11.3. The molecule has 6 heteroatoms. The molecule has 0 aliphatic carbocycles. The van der Waals surface area contributed by atoms with Crippen LogP contribution in [0.5, 0.6) is 0 Å². The Kier molecular flexibility index (Phi) is 5.76. The largest absolute Gasteiger partial charge is 0.458 e. The number of esters is 1. The first-order valence-corrected chi connectivity index (χ1v) is 7.58. The highest BCUT2D eigenvalue weighted by Gasteiger charge is 2.16. The third kappa shape index (κ3) is 5.55. The fourth-order valence-corrected chi connectivity index (χ4v) is 2.12. The number of fused-ring (bicyclic) bond motifs is 1. The van der Waals surface area contributed by atoms with Crippen LogP contribution in [-0.4, -0.2) is 24.3 Å². The van der Waals surface area contributed by atoms with Crippen LogP contribution in [0.25, 0.3) is 10.8 Å². The fraction of sp³-hybridized carbons (Fsp3) is 0.333. The topological polar surface area (TPSA) is 73.9 Å². The van der Waals surface area contributed by atoms with E-state index in [1.807, 2.05) is 42.5 Å². The van der Waals surface area contributed by atoms with Crippen molar-refractivity contribution < 1.29 is 23.9 Å². The zero-order chi connectivity index (χ0) is 17.6. The molecule has 0 saturated heterocycles. The van der Waals surface area contributed by atoms with Gasteiger partial charge in [-0.25, -0.2) is 9.59 Å². The number of benzene rings is 2. The maximum atomic E-state index is 11.6. The van der Waals surface area contributed by atoms with E-state index >= 15 is 0 Å². The Hall–Kier alpha value is -2.60. The van der Waals surface area contributed by atoms with Crippen molar-refractivity contribution in [3.05, 3.63) is 48.0 Å². The lowest BCUT2D eigenvalue weighted by atomic mass is 10.1. The lowest BCUT2D eigenvalue weighted by Crippen LogP contribution is -2.31. The van der Waals surface area contributed by atoms with Gasteiger partial charge in [0.2, 0.25) is 0 Å². The summed E-state index contributed by atoms with van der Waals surface area (Å²) in [6.45, 7) is 4.95. The van der Waals surface area contributed by atoms with E-state index in [1.165, 1.54) is 0 Å². The molecular formula is C18H21NO5. The number of carbonyl (C=O) groups is 2. The number of carbonyl (C=O) groups excluding carboxylic acids is 2. The zero-order valence-corrected chi connectivity index (χ0v) is 14.0.